The maximum atomic E-state index is 5.67. The molecule has 3 heteroatoms. The molecule has 0 bridgehead atoms. The molecule has 0 aromatic heterocycles. The van der Waals surface area contributed by atoms with Gasteiger partial charge in [0.2, 0.25) is 0 Å². The smallest absolute Gasteiger partial charge is 0.119 e. The van der Waals surface area contributed by atoms with Crippen LogP contribution in [0.15, 0.2) is 30.3 Å². The summed E-state index contributed by atoms with van der Waals surface area (Å²) in [5.41, 5.74) is 0. The van der Waals surface area contributed by atoms with Gasteiger partial charge in [-0.25, -0.2) is 0 Å². The molecule has 0 atom stereocenters. The topological polar surface area (TPSA) is 21.3 Å². The Bertz CT molecular complexity index is 323. The molecule has 2 nitrogen and oxygen atoms in total. The third-order valence-corrected chi connectivity index (χ3v) is 4.69. The number of hydrogen-bond donors (Lipinski definition) is 1. The molecule has 0 unspecified atom stereocenters. The van der Waals surface area contributed by atoms with Crippen molar-refractivity contribution in [1.29, 1.82) is 0 Å². The van der Waals surface area contributed by atoms with E-state index in [0.717, 1.165) is 24.2 Å². The van der Waals surface area contributed by atoms with Crippen LogP contribution in [0, 0.1) is 0 Å². The summed E-state index contributed by atoms with van der Waals surface area (Å²) in [6.07, 6.45) is 7.58. The summed E-state index contributed by atoms with van der Waals surface area (Å²) in [5.74, 6) is 0.963. The average molecular weight is 265 g/mol. The van der Waals surface area contributed by atoms with E-state index in [1.165, 1.54) is 25.7 Å². The van der Waals surface area contributed by atoms with Crippen LogP contribution in [0.25, 0.3) is 0 Å². The van der Waals surface area contributed by atoms with E-state index >= 15 is 0 Å². The molecule has 1 aromatic rings. The maximum Gasteiger partial charge on any atom is 0.119 e. The normalized spacial score (nSPS) is 23.8. The van der Waals surface area contributed by atoms with E-state index in [2.05, 4.69) is 11.6 Å². The van der Waals surface area contributed by atoms with Crippen LogP contribution >= 0.6 is 11.8 Å². The minimum atomic E-state index is 0.702. The number of hydrogen-bond acceptors (Lipinski definition) is 3. The van der Waals surface area contributed by atoms with E-state index in [4.69, 9.17) is 4.74 Å². The van der Waals surface area contributed by atoms with Gasteiger partial charge < -0.3 is 10.1 Å². The van der Waals surface area contributed by atoms with Gasteiger partial charge in [0.1, 0.15) is 12.4 Å². The first-order valence-electron chi connectivity index (χ1n) is 6.82. The molecule has 0 saturated heterocycles. The summed E-state index contributed by atoms with van der Waals surface area (Å²) in [4.78, 5) is 0. The van der Waals surface area contributed by atoms with Crippen LogP contribution < -0.4 is 10.1 Å². The maximum absolute atomic E-state index is 5.67. The monoisotopic (exact) mass is 265 g/mol. The van der Waals surface area contributed by atoms with Crippen molar-refractivity contribution in [2.45, 2.75) is 37.0 Å². The van der Waals surface area contributed by atoms with Crippen LogP contribution in [0.3, 0.4) is 0 Å². The van der Waals surface area contributed by atoms with Gasteiger partial charge in [-0.2, -0.15) is 11.8 Å². The van der Waals surface area contributed by atoms with Gasteiger partial charge in [0.25, 0.3) is 0 Å². The second kappa shape index (κ2) is 7.70. The van der Waals surface area contributed by atoms with Crippen molar-refractivity contribution in [3.63, 3.8) is 0 Å². The van der Waals surface area contributed by atoms with Gasteiger partial charge in [-0.15, -0.1) is 0 Å². The van der Waals surface area contributed by atoms with Crippen LogP contribution in [0.4, 0.5) is 0 Å². The molecule has 1 aromatic carbocycles. The lowest BCUT2D eigenvalue weighted by molar-refractivity contribution is 0.290. The van der Waals surface area contributed by atoms with Crippen LogP contribution in [0.5, 0.6) is 5.75 Å². The Morgan fingerprint density at radius 3 is 2.56 bits per heavy atom. The number of benzene rings is 1. The van der Waals surface area contributed by atoms with Crippen LogP contribution in [-0.2, 0) is 0 Å². The lowest BCUT2D eigenvalue weighted by atomic mass is 9.95. The number of nitrogens with one attached hydrogen (secondary N) is 1. The fourth-order valence-electron chi connectivity index (χ4n) is 2.45. The van der Waals surface area contributed by atoms with E-state index < -0.39 is 0 Å². The zero-order valence-corrected chi connectivity index (χ0v) is 11.9. The second-order valence-electron chi connectivity index (χ2n) is 4.82. The third-order valence-electron chi connectivity index (χ3n) is 3.55. The Morgan fingerprint density at radius 1 is 1.17 bits per heavy atom. The van der Waals surface area contributed by atoms with Crippen molar-refractivity contribution < 1.29 is 4.74 Å². The van der Waals surface area contributed by atoms with Crippen molar-refractivity contribution in [2.24, 2.45) is 0 Å². The fourth-order valence-corrected chi connectivity index (χ4v) is 3.19. The lowest BCUT2D eigenvalue weighted by Gasteiger charge is -2.28. The average Bonchev–Trinajstić information content (AvgIpc) is 2.45. The van der Waals surface area contributed by atoms with E-state index in [1.807, 2.05) is 42.1 Å². The first-order valence-corrected chi connectivity index (χ1v) is 8.11. The zero-order chi connectivity index (χ0) is 12.6. The minimum absolute atomic E-state index is 0.702. The molecule has 1 N–H and O–H groups in total. The van der Waals surface area contributed by atoms with E-state index in [1.54, 1.807) is 0 Å². The summed E-state index contributed by atoms with van der Waals surface area (Å²) in [6.45, 7) is 1.70. The van der Waals surface area contributed by atoms with Gasteiger partial charge in [-0.3, -0.25) is 0 Å². The van der Waals surface area contributed by atoms with Gasteiger partial charge in [0.15, 0.2) is 0 Å². The van der Waals surface area contributed by atoms with Gasteiger partial charge in [0, 0.05) is 17.8 Å². The van der Waals surface area contributed by atoms with Gasteiger partial charge in [0.05, 0.1) is 0 Å². The highest BCUT2D eigenvalue weighted by molar-refractivity contribution is 7.99. The highest BCUT2D eigenvalue weighted by Gasteiger charge is 2.19. The Balaban J connectivity index is 1.56. The molecular weight excluding hydrogens is 242 g/mol. The first kappa shape index (κ1) is 13.8. The molecule has 1 fully saturated rings. The molecule has 0 radical (unpaired) electrons. The highest BCUT2D eigenvalue weighted by Crippen LogP contribution is 2.26. The number of thioether (sulfide) groups is 1. The predicted molar refractivity (Wildman–Crippen MR) is 79.5 cm³/mol. The molecule has 0 aliphatic heterocycles. The molecule has 0 spiro atoms. The molecule has 0 heterocycles. The standard InChI is InChI=1S/C15H23NOS/c1-18-15-9-7-13(8-10-15)16-11-12-17-14-5-3-2-4-6-14/h2-6,13,15-16H,7-12H2,1H3. The Hall–Kier alpha value is -0.670. The molecule has 100 valence electrons. The molecule has 1 aliphatic rings. The van der Waals surface area contributed by atoms with Crippen LogP contribution in [0.2, 0.25) is 0 Å². The first-order chi connectivity index (χ1) is 8.88. The predicted octanol–water partition coefficient (Wildman–Crippen LogP) is 3.33. The highest BCUT2D eigenvalue weighted by atomic mass is 32.2. The van der Waals surface area contributed by atoms with Crippen molar-refractivity contribution >= 4 is 11.8 Å². The zero-order valence-electron chi connectivity index (χ0n) is 11.1. The second-order valence-corrected chi connectivity index (χ2v) is 5.96. The summed E-state index contributed by atoms with van der Waals surface area (Å²) < 4.78 is 5.67. The van der Waals surface area contributed by atoms with E-state index in [0.29, 0.717) is 6.04 Å². The molecule has 18 heavy (non-hydrogen) atoms. The molecule has 1 saturated carbocycles. The molecule has 2 rings (SSSR count). The quantitative estimate of drug-likeness (QED) is 0.797. The van der Waals surface area contributed by atoms with Gasteiger partial charge in [-0.05, 0) is 44.1 Å². The molecular formula is C15H23NOS. The van der Waals surface area contributed by atoms with Crippen molar-refractivity contribution in [3.05, 3.63) is 30.3 Å². The molecule has 0 amide bonds. The number of para-hydroxylation sites is 1. The lowest BCUT2D eigenvalue weighted by Crippen LogP contribution is -2.36. The van der Waals surface area contributed by atoms with Crippen molar-refractivity contribution in [2.75, 3.05) is 19.4 Å². The Labute approximate surface area is 114 Å². The summed E-state index contributed by atoms with van der Waals surface area (Å²) in [5, 5.41) is 4.49. The van der Waals surface area contributed by atoms with Crippen LogP contribution in [0.1, 0.15) is 25.7 Å². The number of rotatable bonds is 6. The van der Waals surface area contributed by atoms with E-state index in [9.17, 15) is 0 Å². The SMILES string of the molecule is CSC1CCC(NCCOc2ccccc2)CC1. The van der Waals surface area contributed by atoms with Gasteiger partial charge in [-0.1, -0.05) is 18.2 Å². The fraction of sp³-hybridized carbons (Fsp3) is 0.600. The summed E-state index contributed by atoms with van der Waals surface area (Å²) in [6, 6.07) is 10.7. The van der Waals surface area contributed by atoms with Gasteiger partial charge >= 0.3 is 0 Å². The number of ether oxygens (including phenoxy) is 1. The Morgan fingerprint density at radius 2 is 1.89 bits per heavy atom. The minimum Gasteiger partial charge on any atom is -0.492 e. The Kier molecular flexibility index (Phi) is 5.88. The summed E-state index contributed by atoms with van der Waals surface area (Å²) >= 11 is 2.02. The van der Waals surface area contributed by atoms with E-state index in [-0.39, 0.29) is 0 Å². The molecule has 1 aliphatic carbocycles. The van der Waals surface area contributed by atoms with Crippen molar-refractivity contribution in [1.82, 2.24) is 5.32 Å². The van der Waals surface area contributed by atoms with Crippen molar-refractivity contribution in [3.8, 4) is 5.75 Å². The summed E-state index contributed by atoms with van der Waals surface area (Å²) in [7, 11) is 0. The third kappa shape index (κ3) is 4.54. The van der Waals surface area contributed by atoms with Crippen LogP contribution in [-0.4, -0.2) is 30.7 Å². The largest absolute Gasteiger partial charge is 0.492 e.